The van der Waals surface area contributed by atoms with Gasteiger partial charge in [-0.3, -0.25) is 4.90 Å². The molecule has 0 aromatic heterocycles. The maximum atomic E-state index is 5.29. The maximum Gasteiger partial charge on any atom is 0.0900 e. The smallest absolute Gasteiger partial charge is 0.0900 e. The average molecular weight is 203 g/mol. The van der Waals surface area contributed by atoms with Crippen LogP contribution in [0.3, 0.4) is 0 Å². The van der Waals surface area contributed by atoms with E-state index >= 15 is 0 Å². The fourth-order valence-corrected chi connectivity index (χ4v) is 2.41. The Balaban J connectivity index is 1.46. The fourth-order valence-electron chi connectivity index (χ4n) is 1.40. The first-order valence-electron chi connectivity index (χ1n) is 4.94. The molecule has 0 aromatic rings. The number of hydrogen-bond donors (Lipinski definition) is 0. The highest BCUT2D eigenvalue weighted by Crippen LogP contribution is 2.15. The summed E-state index contributed by atoms with van der Waals surface area (Å²) in [5.41, 5.74) is 0. The summed E-state index contributed by atoms with van der Waals surface area (Å²) in [5.74, 6) is 2.42. The Kier molecular flexibility index (Phi) is 3.91. The largest absolute Gasteiger partial charge is 0.379 e. The van der Waals surface area contributed by atoms with Crippen molar-refractivity contribution in [2.75, 3.05) is 51.0 Å². The molecule has 0 amide bonds. The number of epoxide rings is 1. The topological polar surface area (TPSA) is 25.0 Å². The standard InChI is InChI=1S/C9H17NO2S/c1-4-11-5-2-10(1)3-6-13-8-9-7-12-9/h9H,1-8H2. The number of rotatable bonds is 5. The molecule has 1 unspecified atom stereocenters. The number of morpholine rings is 1. The molecule has 0 aromatic carbocycles. The highest BCUT2D eigenvalue weighted by atomic mass is 32.2. The summed E-state index contributed by atoms with van der Waals surface area (Å²) < 4.78 is 10.4. The van der Waals surface area contributed by atoms with Crippen molar-refractivity contribution in [1.82, 2.24) is 4.90 Å². The van der Waals surface area contributed by atoms with Crippen LogP contribution in [0.1, 0.15) is 0 Å². The first-order valence-corrected chi connectivity index (χ1v) is 6.10. The molecular weight excluding hydrogens is 186 g/mol. The van der Waals surface area contributed by atoms with Gasteiger partial charge in [0.1, 0.15) is 0 Å². The van der Waals surface area contributed by atoms with Gasteiger partial charge in [-0.2, -0.15) is 11.8 Å². The van der Waals surface area contributed by atoms with Crippen LogP contribution < -0.4 is 0 Å². The van der Waals surface area contributed by atoms with E-state index < -0.39 is 0 Å². The number of thioether (sulfide) groups is 1. The van der Waals surface area contributed by atoms with Crippen LogP contribution >= 0.6 is 11.8 Å². The van der Waals surface area contributed by atoms with Gasteiger partial charge >= 0.3 is 0 Å². The molecule has 0 spiro atoms. The molecule has 0 saturated carbocycles. The highest BCUT2D eigenvalue weighted by Gasteiger charge is 2.21. The first kappa shape index (κ1) is 9.77. The number of nitrogens with zero attached hydrogens (tertiary/aromatic N) is 1. The number of ether oxygens (including phenoxy) is 2. The van der Waals surface area contributed by atoms with Gasteiger partial charge in [-0.15, -0.1) is 0 Å². The van der Waals surface area contributed by atoms with Crippen LogP contribution in [-0.2, 0) is 9.47 Å². The van der Waals surface area contributed by atoms with Gasteiger partial charge in [0.2, 0.25) is 0 Å². The van der Waals surface area contributed by atoms with E-state index in [0.29, 0.717) is 6.10 Å². The van der Waals surface area contributed by atoms with E-state index in [2.05, 4.69) is 4.90 Å². The van der Waals surface area contributed by atoms with Crippen molar-refractivity contribution in [3.63, 3.8) is 0 Å². The van der Waals surface area contributed by atoms with Crippen LogP contribution in [0.5, 0.6) is 0 Å². The van der Waals surface area contributed by atoms with Gasteiger partial charge in [0.05, 0.1) is 25.9 Å². The third-order valence-electron chi connectivity index (χ3n) is 2.36. The molecule has 2 rings (SSSR count). The van der Waals surface area contributed by atoms with Gasteiger partial charge in [0, 0.05) is 31.1 Å². The molecule has 13 heavy (non-hydrogen) atoms. The first-order chi connectivity index (χ1) is 6.45. The van der Waals surface area contributed by atoms with Crippen LogP contribution in [0.15, 0.2) is 0 Å². The van der Waals surface area contributed by atoms with E-state index in [-0.39, 0.29) is 0 Å². The molecule has 4 heteroatoms. The van der Waals surface area contributed by atoms with Crippen molar-refractivity contribution < 1.29 is 9.47 Å². The second kappa shape index (κ2) is 5.20. The lowest BCUT2D eigenvalue weighted by molar-refractivity contribution is 0.0410. The molecule has 3 nitrogen and oxygen atoms in total. The van der Waals surface area contributed by atoms with E-state index in [4.69, 9.17) is 9.47 Å². The van der Waals surface area contributed by atoms with Crippen LogP contribution in [0.2, 0.25) is 0 Å². The molecule has 2 aliphatic heterocycles. The maximum absolute atomic E-state index is 5.29. The summed E-state index contributed by atoms with van der Waals surface area (Å²) in [7, 11) is 0. The summed E-state index contributed by atoms with van der Waals surface area (Å²) in [4.78, 5) is 2.48. The summed E-state index contributed by atoms with van der Waals surface area (Å²) in [6.07, 6.45) is 0.578. The highest BCUT2D eigenvalue weighted by molar-refractivity contribution is 7.99. The molecular formula is C9H17NO2S. The van der Waals surface area contributed by atoms with Crippen molar-refractivity contribution in [2.24, 2.45) is 0 Å². The van der Waals surface area contributed by atoms with Crippen molar-refractivity contribution in [3.05, 3.63) is 0 Å². The molecule has 2 fully saturated rings. The minimum atomic E-state index is 0.578. The minimum absolute atomic E-state index is 0.578. The van der Waals surface area contributed by atoms with Gasteiger partial charge in [-0.1, -0.05) is 0 Å². The molecule has 0 radical (unpaired) electrons. The van der Waals surface area contributed by atoms with E-state index in [1.807, 2.05) is 11.8 Å². The van der Waals surface area contributed by atoms with E-state index in [0.717, 1.165) is 32.9 Å². The lowest BCUT2D eigenvalue weighted by Crippen LogP contribution is -2.37. The zero-order chi connectivity index (χ0) is 8.93. The molecule has 76 valence electrons. The van der Waals surface area contributed by atoms with Crippen molar-refractivity contribution in [1.29, 1.82) is 0 Å². The predicted molar refractivity (Wildman–Crippen MR) is 54.3 cm³/mol. The monoisotopic (exact) mass is 203 g/mol. The molecule has 0 N–H and O–H groups in total. The predicted octanol–water partition coefficient (Wildman–Crippen LogP) is 0.451. The third kappa shape index (κ3) is 3.85. The average Bonchev–Trinajstić information content (AvgIpc) is 2.98. The normalized spacial score (nSPS) is 29.1. The lowest BCUT2D eigenvalue weighted by Gasteiger charge is -2.26. The Morgan fingerprint density at radius 1 is 1.31 bits per heavy atom. The SMILES string of the molecule is C1CN(CCSCC2CO2)CCO1. The van der Waals surface area contributed by atoms with Crippen LogP contribution in [-0.4, -0.2) is 62.0 Å². The van der Waals surface area contributed by atoms with Gasteiger partial charge in [0.15, 0.2) is 0 Å². The zero-order valence-corrected chi connectivity index (χ0v) is 8.72. The van der Waals surface area contributed by atoms with Gasteiger partial charge in [-0.05, 0) is 0 Å². The van der Waals surface area contributed by atoms with E-state index in [1.165, 1.54) is 18.1 Å². The Morgan fingerprint density at radius 2 is 2.08 bits per heavy atom. The van der Waals surface area contributed by atoms with Crippen LogP contribution in [0.25, 0.3) is 0 Å². The summed E-state index contributed by atoms with van der Waals surface area (Å²) >= 11 is 2.01. The van der Waals surface area contributed by atoms with Crippen molar-refractivity contribution >= 4 is 11.8 Å². The summed E-state index contributed by atoms with van der Waals surface area (Å²) in [6.45, 7) is 6.25. The Bertz CT molecular complexity index is 147. The Hall–Kier alpha value is 0.230. The van der Waals surface area contributed by atoms with Gasteiger partial charge in [0.25, 0.3) is 0 Å². The van der Waals surface area contributed by atoms with E-state index in [9.17, 15) is 0 Å². The second-order valence-electron chi connectivity index (χ2n) is 3.48. The van der Waals surface area contributed by atoms with Crippen molar-refractivity contribution in [2.45, 2.75) is 6.10 Å². The van der Waals surface area contributed by atoms with Crippen LogP contribution in [0.4, 0.5) is 0 Å². The number of hydrogen-bond acceptors (Lipinski definition) is 4. The molecule has 2 aliphatic rings. The second-order valence-corrected chi connectivity index (χ2v) is 4.63. The van der Waals surface area contributed by atoms with E-state index in [1.54, 1.807) is 0 Å². The quantitative estimate of drug-likeness (QED) is 0.478. The zero-order valence-electron chi connectivity index (χ0n) is 7.91. The van der Waals surface area contributed by atoms with Crippen molar-refractivity contribution in [3.8, 4) is 0 Å². The minimum Gasteiger partial charge on any atom is -0.379 e. The summed E-state index contributed by atoms with van der Waals surface area (Å²) in [6, 6.07) is 0. The molecule has 1 atom stereocenters. The summed E-state index contributed by atoms with van der Waals surface area (Å²) in [5, 5.41) is 0. The lowest BCUT2D eigenvalue weighted by atomic mass is 10.4. The Morgan fingerprint density at radius 3 is 2.77 bits per heavy atom. The van der Waals surface area contributed by atoms with Gasteiger partial charge in [-0.25, -0.2) is 0 Å². The third-order valence-corrected chi connectivity index (χ3v) is 3.44. The van der Waals surface area contributed by atoms with Gasteiger partial charge < -0.3 is 9.47 Å². The fraction of sp³-hybridized carbons (Fsp3) is 1.00. The molecule has 0 bridgehead atoms. The molecule has 2 heterocycles. The van der Waals surface area contributed by atoms with Crippen LogP contribution in [0, 0.1) is 0 Å². The molecule has 2 saturated heterocycles. The Labute approximate surface area is 83.8 Å². The molecule has 0 aliphatic carbocycles.